The van der Waals surface area contributed by atoms with E-state index in [1.54, 1.807) is 0 Å². The van der Waals surface area contributed by atoms with Gasteiger partial charge in [0.05, 0.1) is 7.11 Å². The summed E-state index contributed by atoms with van der Waals surface area (Å²) in [6.07, 6.45) is 0. The molecule has 0 spiro atoms. The Balaban J connectivity index is -0.000000245. The van der Waals surface area contributed by atoms with Gasteiger partial charge in [0.15, 0.2) is 0 Å². The molecule has 0 aromatic carbocycles. The third-order valence-corrected chi connectivity index (χ3v) is 1.21. The average molecular weight is 162 g/mol. The fourth-order valence-electron chi connectivity index (χ4n) is 0.137. The van der Waals surface area contributed by atoms with Crippen LogP contribution >= 0.6 is 0 Å². The Morgan fingerprint density at radius 2 is 1.89 bits per heavy atom. The third-order valence-electron chi connectivity index (χ3n) is 0.459. The van der Waals surface area contributed by atoms with Crippen LogP contribution in [0.1, 0.15) is 1.43 Å². The molecule has 0 unspecified atom stereocenters. The maximum atomic E-state index is 9.92. The number of carbonyl (C=O) groups excluding carboxylic acids is 1. The van der Waals surface area contributed by atoms with Crippen molar-refractivity contribution in [1.82, 2.24) is 0 Å². The Labute approximate surface area is 76.4 Å². The van der Waals surface area contributed by atoms with E-state index in [9.17, 15) is 4.79 Å². The maximum Gasteiger partial charge on any atom is 1.00 e. The zero-order valence-electron chi connectivity index (χ0n) is 6.16. The predicted molar refractivity (Wildman–Crippen MR) is 25.9 cm³/mol. The van der Waals surface area contributed by atoms with Gasteiger partial charge < -0.3 is 20.6 Å². The summed E-state index contributed by atoms with van der Waals surface area (Å²) in [7, 11) is -3.67. The van der Waals surface area contributed by atoms with Gasteiger partial charge in [-0.25, -0.2) is 4.79 Å². The summed E-state index contributed by atoms with van der Waals surface area (Å²) in [5.41, 5.74) is -1.36. The first-order chi connectivity index (χ1) is 3.48. The van der Waals surface area contributed by atoms with E-state index in [2.05, 4.69) is 4.74 Å². The minimum absolute atomic E-state index is 0. The Bertz CT molecular complexity index is 102. The first-order valence-corrected chi connectivity index (χ1v) is 3.58. The summed E-state index contributed by atoms with van der Waals surface area (Å²) < 4.78 is 3.79. The standard InChI is InChI=1S/C2H6O5Si.Na.H/c1-7-2(3)8(4,5)6;;/h4-6H,1H3;;/q;+1;-1. The molecule has 0 aromatic heterocycles. The van der Waals surface area contributed by atoms with E-state index < -0.39 is 14.4 Å². The summed E-state index contributed by atoms with van der Waals surface area (Å²) in [5.74, 6) is 0. The van der Waals surface area contributed by atoms with Gasteiger partial charge in [-0.05, 0) is 0 Å². The summed E-state index contributed by atoms with van der Waals surface area (Å²) in [4.78, 5) is 34.1. The molecule has 0 aliphatic rings. The van der Waals surface area contributed by atoms with Crippen LogP contribution in [0, 0.1) is 0 Å². The Morgan fingerprint density at radius 1 is 1.56 bits per heavy atom. The zero-order valence-corrected chi connectivity index (χ0v) is 8.16. The van der Waals surface area contributed by atoms with Crippen LogP contribution in [0.4, 0.5) is 4.79 Å². The van der Waals surface area contributed by atoms with Gasteiger partial charge in [0.25, 0.3) is 0 Å². The minimum Gasteiger partial charge on any atom is -1.00 e. The molecule has 3 N–H and O–H groups in total. The van der Waals surface area contributed by atoms with Gasteiger partial charge in [-0.1, -0.05) is 0 Å². The van der Waals surface area contributed by atoms with E-state index in [0.29, 0.717) is 0 Å². The Hall–Kier alpha value is 0.567. The molecular formula is C2H7NaO5Si. The van der Waals surface area contributed by atoms with E-state index in [1.807, 2.05) is 0 Å². The Morgan fingerprint density at radius 3 is 1.89 bits per heavy atom. The topological polar surface area (TPSA) is 87.0 Å². The van der Waals surface area contributed by atoms with E-state index in [0.717, 1.165) is 7.11 Å². The average Bonchev–Trinajstić information content (AvgIpc) is 1.62. The molecule has 0 saturated heterocycles. The molecule has 50 valence electrons. The zero-order chi connectivity index (χ0) is 6.78. The van der Waals surface area contributed by atoms with Crippen LogP contribution in [0.3, 0.4) is 0 Å². The molecular weight excluding hydrogens is 155 g/mol. The first-order valence-electron chi connectivity index (χ1n) is 1.74. The molecule has 0 amide bonds. The van der Waals surface area contributed by atoms with E-state index in [1.165, 1.54) is 0 Å². The van der Waals surface area contributed by atoms with Gasteiger partial charge in [-0.2, -0.15) is 0 Å². The van der Waals surface area contributed by atoms with E-state index in [-0.39, 0.29) is 31.0 Å². The van der Waals surface area contributed by atoms with Gasteiger partial charge in [-0.3, -0.25) is 0 Å². The summed E-state index contributed by atoms with van der Waals surface area (Å²) in [6.45, 7) is 0. The smallest absolute Gasteiger partial charge is 1.00 e. The molecule has 0 saturated carbocycles. The van der Waals surface area contributed by atoms with Crippen LogP contribution < -0.4 is 29.6 Å². The minimum atomic E-state index is -4.62. The van der Waals surface area contributed by atoms with Crippen molar-refractivity contribution in [2.24, 2.45) is 0 Å². The van der Waals surface area contributed by atoms with E-state index in [4.69, 9.17) is 14.4 Å². The largest absolute Gasteiger partial charge is 1.00 e. The summed E-state index contributed by atoms with van der Waals surface area (Å²) >= 11 is 0. The van der Waals surface area contributed by atoms with Crippen LogP contribution in [0.5, 0.6) is 0 Å². The number of hydrogen-bond donors (Lipinski definition) is 3. The van der Waals surface area contributed by atoms with E-state index >= 15 is 0 Å². The fourth-order valence-corrected chi connectivity index (χ4v) is 0.411. The van der Waals surface area contributed by atoms with Crippen molar-refractivity contribution in [3.63, 3.8) is 0 Å². The van der Waals surface area contributed by atoms with Gasteiger partial charge in [0.2, 0.25) is 0 Å². The van der Waals surface area contributed by atoms with Gasteiger partial charge in [-0.15, -0.1) is 0 Å². The van der Waals surface area contributed by atoms with Crippen molar-refractivity contribution in [2.45, 2.75) is 0 Å². The molecule has 0 atom stereocenters. The van der Waals surface area contributed by atoms with Gasteiger partial charge in [0.1, 0.15) is 0 Å². The van der Waals surface area contributed by atoms with Crippen LogP contribution in [-0.4, -0.2) is 35.9 Å². The van der Waals surface area contributed by atoms with Crippen molar-refractivity contribution < 1.29 is 54.9 Å². The molecule has 0 radical (unpaired) electrons. The molecule has 0 aliphatic carbocycles. The quantitative estimate of drug-likeness (QED) is 0.338. The van der Waals surface area contributed by atoms with Crippen molar-refractivity contribution in [3.05, 3.63) is 0 Å². The van der Waals surface area contributed by atoms with Gasteiger partial charge >= 0.3 is 44.0 Å². The third kappa shape index (κ3) is 5.03. The number of carbonyl (C=O) groups is 1. The van der Waals surface area contributed by atoms with Crippen molar-refractivity contribution in [1.29, 1.82) is 0 Å². The van der Waals surface area contributed by atoms with Crippen LogP contribution in [-0.2, 0) is 4.74 Å². The molecule has 0 bridgehead atoms. The molecule has 0 aliphatic heterocycles. The second-order valence-electron chi connectivity index (χ2n) is 1.13. The number of ether oxygens (including phenoxy) is 1. The van der Waals surface area contributed by atoms with Crippen LogP contribution in [0.15, 0.2) is 0 Å². The summed E-state index contributed by atoms with van der Waals surface area (Å²) in [5, 5.41) is 0. The molecule has 7 heteroatoms. The monoisotopic (exact) mass is 162 g/mol. The summed E-state index contributed by atoms with van der Waals surface area (Å²) in [6, 6.07) is 0. The second-order valence-corrected chi connectivity index (χ2v) is 2.81. The molecule has 5 nitrogen and oxygen atoms in total. The van der Waals surface area contributed by atoms with Crippen LogP contribution in [0.2, 0.25) is 0 Å². The predicted octanol–water partition coefficient (Wildman–Crippen LogP) is -4.63. The molecule has 0 heterocycles. The van der Waals surface area contributed by atoms with Crippen LogP contribution in [0.25, 0.3) is 0 Å². The molecule has 0 fully saturated rings. The normalized spacial score (nSPS) is 9.78. The van der Waals surface area contributed by atoms with Crippen molar-refractivity contribution in [2.75, 3.05) is 7.11 Å². The van der Waals surface area contributed by atoms with Crippen molar-refractivity contribution in [3.8, 4) is 0 Å². The number of rotatable bonds is 1. The molecule has 0 rings (SSSR count). The van der Waals surface area contributed by atoms with Gasteiger partial charge in [0, 0.05) is 0 Å². The molecule has 9 heavy (non-hydrogen) atoms. The SMILES string of the molecule is COC(=O)[Si](O)(O)O.[H-].[Na+]. The maximum absolute atomic E-state index is 9.92. The molecule has 0 aromatic rings. The fraction of sp³-hybridized carbons (Fsp3) is 0.500. The second kappa shape index (κ2) is 4.39. The number of hydrogen-bond acceptors (Lipinski definition) is 5. The van der Waals surface area contributed by atoms with Crippen molar-refractivity contribution >= 4 is 14.4 Å². The number of methoxy groups -OCH3 is 1. The first kappa shape index (κ1) is 12.3. The Kier molecular flexibility index (Phi) is 5.99.